The van der Waals surface area contributed by atoms with Gasteiger partial charge in [-0.1, -0.05) is 6.42 Å². The highest BCUT2D eigenvalue weighted by Gasteiger charge is 2.19. The normalized spacial score (nSPS) is 15.4. The topological polar surface area (TPSA) is 41.0 Å². The van der Waals surface area contributed by atoms with E-state index in [1.807, 2.05) is 6.07 Å². The Hall–Kier alpha value is -0.970. The lowest BCUT2D eigenvalue weighted by atomic mass is 9.85. The third kappa shape index (κ3) is 3.49. The molecule has 1 aromatic heterocycles. The average molecular weight is 252 g/mol. The zero-order chi connectivity index (χ0) is 12.1. The summed E-state index contributed by atoms with van der Waals surface area (Å²) in [5.41, 5.74) is 0. The van der Waals surface area contributed by atoms with Crippen LogP contribution in [0.15, 0.2) is 12.4 Å². The molecular formula is C12H20N4S. The van der Waals surface area contributed by atoms with E-state index in [1.54, 1.807) is 6.33 Å². The first-order valence-corrected chi connectivity index (χ1v) is 6.80. The number of nitrogens with one attached hydrogen (secondary N) is 1. The molecule has 2 rings (SSSR count). The average Bonchev–Trinajstić information content (AvgIpc) is 2.31. The molecule has 0 radical (unpaired) electrons. The molecule has 0 spiro atoms. The summed E-state index contributed by atoms with van der Waals surface area (Å²) in [4.78, 5) is 10.7. The second kappa shape index (κ2) is 6.10. The molecule has 1 fully saturated rings. The molecule has 94 valence electrons. The molecule has 1 aromatic rings. The van der Waals surface area contributed by atoms with Crippen LogP contribution < -0.4 is 10.2 Å². The number of hydrogen-bond acceptors (Lipinski definition) is 5. The minimum Gasteiger partial charge on any atom is -0.369 e. The summed E-state index contributed by atoms with van der Waals surface area (Å²) in [6.45, 7) is 1.93. The van der Waals surface area contributed by atoms with Crippen LogP contribution in [0.5, 0.6) is 0 Å². The zero-order valence-electron chi connectivity index (χ0n) is 10.3. The lowest BCUT2D eigenvalue weighted by Gasteiger charge is -2.30. The Labute approximate surface area is 108 Å². The van der Waals surface area contributed by atoms with E-state index >= 15 is 0 Å². The molecule has 17 heavy (non-hydrogen) atoms. The highest BCUT2D eigenvalue weighted by molar-refractivity contribution is 7.80. The van der Waals surface area contributed by atoms with Crippen LogP contribution in [0.4, 0.5) is 11.6 Å². The fourth-order valence-corrected chi connectivity index (χ4v) is 2.10. The van der Waals surface area contributed by atoms with Crippen molar-refractivity contribution in [3.8, 4) is 0 Å². The fourth-order valence-electron chi connectivity index (χ4n) is 1.99. The molecule has 1 N–H and O–H groups in total. The van der Waals surface area contributed by atoms with Crippen molar-refractivity contribution in [1.82, 2.24) is 9.97 Å². The van der Waals surface area contributed by atoms with E-state index in [0.29, 0.717) is 0 Å². The highest BCUT2D eigenvalue weighted by atomic mass is 32.1. The summed E-state index contributed by atoms with van der Waals surface area (Å²) in [5.74, 6) is 3.53. The largest absolute Gasteiger partial charge is 0.369 e. The van der Waals surface area contributed by atoms with Crippen molar-refractivity contribution < 1.29 is 0 Å². The van der Waals surface area contributed by atoms with Gasteiger partial charge in [-0.05, 0) is 18.8 Å². The van der Waals surface area contributed by atoms with Gasteiger partial charge in [-0.2, -0.15) is 12.6 Å². The van der Waals surface area contributed by atoms with Crippen molar-refractivity contribution in [1.29, 1.82) is 0 Å². The highest BCUT2D eigenvalue weighted by Crippen LogP contribution is 2.28. The molecule has 0 amide bonds. The number of rotatable bonds is 6. The van der Waals surface area contributed by atoms with E-state index in [9.17, 15) is 0 Å². The summed E-state index contributed by atoms with van der Waals surface area (Å²) >= 11 is 4.17. The quantitative estimate of drug-likeness (QED) is 0.760. The van der Waals surface area contributed by atoms with Gasteiger partial charge in [0.1, 0.15) is 18.0 Å². The van der Waals surface area contributed by atoms with Crippen LogP contribution in [0, 0.1) is 5.92 Å². The second-order valence-corrected chi connectivity index (χ2v) is 5.04. The van der Waals surface area contributed by atoms with Crippen LogP contribution in [0.3, 0.4) is 0 Å². The molecule has 0 atom stereocenters. The van der Waals surface area contributed by atoms with E-state index < -0.39 is 0 Å². The zero-order valence-corrected chi connectivity index (χ0v) is 11.2. The maximum Gasteiger partial charge on any atom is 0.133 e. The monoisotopic (exact) mass is 252 g/mol. The number of hydrogen-bond donors (Lipinski definition) is 2. The Morgan fingerprint density at radius 1 is 1.47 bits per heavy atom. The maximum absolute atomic E-state index is 4.31. The summed E-state index contributed by atoms with van der Waals surface area (Å²) in [6.07, 6.45) is 5.73. The van der Waals surface area contributed by atoms with Gasteiger partial charge < -0.3 is 10.2 Å². The van der Waals surface area contributed by atoms with Crippen LogP contribution in [0.1, 0.15) is 19.3 Å². The van der Waals surface area contributed by atoms with E-state index in [1.165, 1.54) is 19.3 Å². The molecule has 0 aliphatic heterocycles. The van der Waals surface area contributed by atoms with Crippen LogP contribution in [0.25, 0.3) is 0 Å². The van der Waals surface area contributed by atoms with Crippen LogP contribution in [-0.2, 0) is 0 Å². The van der Waals surface area contributed by atoms with Gasteiger partial charge in [0.15, 0.2) is 0 Å². The van der Waals surface area contributed by atoms with Gasteiger partial charge in [-0.15, -0.1) is 0 Å². The van der Waals surface area contributed by atoms with Crippen molar-refractivity contribution >= 4 is 24.3 Å². The van der Waals surface area contributed by atoms with Crippen molar-refractivity contribution in [3.05, 3.63) is 12.4 Å². The molecule has 4 nitrogen and oxygen atoms in total. The Morgan fingerprint density at radius 3 is 2.94 bits per heavy atom. The van der Waals surface area contributed by atoms with Crippen LogP contribution >= 0.6 is 12.6 Å². The molecule has 1 aliphatic rings. The number of nitrogens with zero attached hydrogens (tertiary/aromatic N) is 3. The fraction of sp³-hybridized carbons (Fsp3) is 0.667. The Morgan fingerprint density at radius 2 is 2.29 bits per heavy atom. The first-order valence-electron chi connectivity index (χ1n) is 6.17. The maximum atomic E-state index is 4.31. The van der Waals surface area contributed by atoms with Gasteiger partial charge in [0.2, 0.25) is 0 Å². The molecule has 1 heterocycles. The van der Waals surface area contributed by atoms with Gasteiger partial charge >= 0.3 is 0 Å². The summed E-state index contributed by atoms with van der Waals surface area (Å²) in [5, 5.41) is 3.22. The lowest BCUT2D eigenvalue weighted by molar-refractivity contribution is 0.321. The van der Waals surface area contributed by atoms with E-state index in [2.05, 4.69) is 39.9 Å². The molecule has 0 aromatic carbocycles. The van der Waals surface area contributed by atoms with Gasteiger partial charge in [-0.3, -0.25) is 0 Å². The Balaban J connectivity index is 1.93. The number of thiol groups is 1. The minimum absolute atomic E-state index is 0.803. The predicted molar refractivity (Wildman–Crippen MR) is 75.0 cm³/mol. The van der Waals surface area contributed by atoms with Gasteiger partial charge in [0, 0.05) is 32.0 Å². The molecule has 1 saturated carbocycles. The molecule has 1 aliphatic carbocycles. The number of aromatic nitrogens is 2. The van der Waals surface area contributed by atoms with Crippen molar-refractivity contribution in [2.45, 2.75) is 19.3 Å². The van der Waals surface area contributed by atoms with Gasteiger partial charge in [0.25, 0.3) is 0 Å². The van der Waals surface area contributed by atoms with Crippen LogP contribution in [0.2, 0.25) is 0 Å². The second-order valence-electron chi connectivity index (χ2n) is 4.59. The molecule has 5 heteroatoms. The van der Waals surface area contributed by atoms with Crippen molar-refractivity contribution in [2.24, 2.45) is 5.92 Å². The van der Waals surface area contributed by atoms with Gasteiger partial charge in [-0.25, -0.2) is 9.97 Å². The summed E-state index contributed by atoms with van der Waals surface area (Å²) in [6, 6.07) is 2.00. The van der Waals surface area contributed by atoms with Crippen molar-refractivity contribution in [3.63, 3.8) is 0 Å². The smallest absolute Gasteiger partial charge is 0.133 e. The first-order chi connectivity index (χ1) is 8.29. The standard InChI is InChI=1S/C12H20N4S/c1-16(8-10-3-2-4-10)12-7-11(13-5-6-17)14-9-15-12/h7,9-10,17H,2-6,8H2,1H3,(H,13,14,15). The Bertz CT molecular complexity index is 354. The number of anilines is 2. The summed E-state index contributed by atoms with van der Waals surface area (Å²) < 4.78 is 0. The van der Waals surface area contributed by atoms with E-state index in [4.69, 9.17) is 0 Å². The van der Waals surface area contributed by atoms with E-state index in [-0.39, 0.29) is 0 Å². The Kier molecular flexibility index (Phi) is 4.48. The van der Waals surface area contributed by atoms with Gasteiger partial charge in [0.05, 0.1) is 0 Å². The first kappa shape index (κ1) is 12.5. The minimum atomic E-state index is 0.803. The third-order valence-electron chi connectivity index (χ3n) is 3.22. The van der Waals surface area contributed by atoms with Crippen LogP contribution in [-0.4, -0.2) is 35.9 Å². The molecule has 0 unspecified atom stereocenters. The molecule has 0 saturated heterocycles. The molecule has 0 bridgehead atoms. The van der Waals surface area contributed by atoms with E-state index in [0.717, 1.165) is 36.4 Å². The SMILES string of the molecule is CN(CC1CCC1)c1cc(NCCS)ncn1. The molecular weight excluding hydrogens is 232 g/mol. The predicted octanol–water partition coefficient (Wildman–Crippen LogP) is 2.05. The third-order valence-corrected chi connectivity index (χ3v) is 3.44. The lowest BCUT2D eigenvalue weighted by Crippen LogP contribution is -2.29. The summed E-state index contributed by atoms with van der Waals surface area (Å²) in [7, 11) is 2.10. The van der Waals surface area contributed by atoms with Crippen molar-refractivity contribution in [2.75, 3.05) is 36.1 Å².